The predicted octanol–water partition coefficient (Wildman–Crippen LogP) is 1.89. The van der Waals surface area contributed by atoms with Gasteiger partial charge in [0.05, 0.1) is 6.04 Å². The monoisotopic (exact) mass is 256 g/mol. The van der Waals surface area contributed by atoms with E-state index in [9.17, 15) is 4.79 Å². The fourth-order valence-electron chi connectivity index (χ4n) is 1.60. The van der Waals surface area contributed by atoms with Gasteiger partial charge in [-0.05, 0) is 32.8 Å². The molecule has 3 nitrogen and oxygen atoms in total. The molecule has 0 saturated carbocycles. The van der Waals surface area contributed by atoms with Crippen LogP contribution in [-0.4, -0.2) is 17.5 Å². The summed E-state index contributed by atoms with van der Waals surface area (Å²) in [6.07, 6.45) is 0.798. The van der Waals surface area contributed by atoms with E-state index in [-0.39, 0.29) is 23.9 Å². The number of halogens is 1. The lowest BCUT2D eigenvalue weighted by molar-refractivity contribution is -0.123. The van der Waals surface area contributed by atoms with Crippen molar-refractivity contribution in [3.05, 3.63) is 35.9 Å². The minimum Gasteiger partial charge on any atom is -0.350 e. The number of nitrogens with one attached hydrogen (secondary N) is 1. The van der Waals surface area contributed by atoms with Gasteiger partial charge in [-0.25, -0.2) is 0 Å². The summed E-state index contributed by atoms with van der Waals surface area (Å²) >= 11 is 0. The number of benzene rings is 1. The molecule has 17 heavy (non-hydrogen) atoms. The normalized spacial score (nSPS) is 12.5. The molecule has 1 amide bonds. The minimum absolute atomic E-state index is 0. The zero-order valence-electron chi connectivity index (χ0n) is 10.6. The van der Waals surface area contributed by atoms with Crippen LogP contribution in [0.2, 0.25) is 0 Å². The van der Waals surface area contributed by atoms with Gasteiger partial charge in [0, 0.05) is 5.54 Å². The molecule has 0 radical (unpaired) electrons. The van der Waals surface area contributed by atoms with Gasteiger partial charge in [0.15, 0.2) is 0 Å². The van der Waals surface area contributed by atoms with Crippen LogP contribution in [0.4, 0.5) is 0 Å². The fourth-order valence-corrected chi connectivity index (χ4v) is 1.60. The van der Waals surface area contributed by atoms with E-state index in [0.717, 1.165) is 6.42 Å². The Kier molecular flexibility index (Phi) is 6.21. The lowest BCUT2D eigenvalue weighted by Crippen LogP contribution is -2.50. The molecule has 0 aliphatic rings. The highest BCUT2D eigenvalue weighted by atomic mass is 35.5. The van der Waals surface area contributed by atoms with Crippen LogP contribution in [0.15, 0.2) is 30.3 Å². The van der Waals surface area contributed by atoms with Crippen LogP contribution in [0, 0.1) is 0 Å². The van der Waals surface area contributed by atoms with Crippen LogP contribution in [0.3, 0.4) is 0 Å². The summed E-state index contributed by atoms with van der Waals surface area (Å²) in [6.45, 7) is 5.69. The van der Waals surface area contributed by atoms with Gasteiger partial charge in [0.2, 0.25) is 5.91 Å². The zero-order chi connectivity index (χ0) is 12.2. The van der Waals surface area contributed by atoms with Gasteiger partial charge in [-0.2, -0.15) is 0 Å². The largest absolute Gasteiger partial charge is 0.350 e. The van der Waals surface area contributed by atoms with Crippen molar-refractivity contribution in [3.63, 3.8) is 0 Å². The Morgan fingerprint density at radius 2 is 1.88 bits per heavy atom. The lowest BCUT2D eigenvalue weighted by atomic mass is 9.94. The number of carbonyl (C=O) groups is 1. The molecule has 0 aromatic heterocycles. The van der Waals surface area contributed by atoms with E-state index in [1.165, 1.54) is 5.56 Å². The summed E-state index contributed by atoms with van der Waals surface area (Å²) < 4.78 is 0. The van der Waals surface area contributed by atoms with Crippen molar-refractivity contribution in [3.8, 4) is 0 Å². The van der Waals surface area contributed by atoms with Crippen LogP contribution >= 0.6 is 12.4 Å². The van der Waals surface area contributed by atoms with Gasteiger partial charge in [0.1, 0.15) is 0 Å². The molecule has 96 valence electrons. The Balaban J connectivity index is 0.00000256. The van der Waals surface area contributed by atoms with Gasteiger partial charge in [-0.3, -0.25) is 4.79 Å². The zero-order valence-corrected chi connectivity index (χ0v) is 11.4. The number of amides is 1. The van der Waals surface area contributed by atoms with E-state index in [1.807, 2.05) is 32.0 Å². The third kappa shape index (κ3) is 5.71. The molecule has 0 heterocycles. The predicted molar refractivity (Wildman–Crippen MR) is 73.3 cm³/mol. The summed E-state index contributed by atoms with van der Waals surface area (Å²) in [5.41, 5.74) is 6.46. The molecule has 0 aliphatic carbocycles. The van der Waals surface area contributed by atoms with Crippen LogP contribution in [-0.2, 0) is 11.2 Å². The Hall–Kier alpha value is -1.06. The first-order valence-electron chi connectivity index (χ1n) is 5.52. The van der Waals surface area contributed by atoms with Gasteiger partial charge in [-0.1, -0.05) is 30.3 Å². The van der Waals surface area contributed by atoms with Crippen molar-refractivity contribution in [1.29, 1.82) is 0 Å². The number of hydrogen-bond acceptors (Lipinski definition) is 2. The van der Waals surface area contributed by atoms with Crippen molar-refractivity contribution in [2.24, 2.45) is 5.73 Å². The molecule has 1 rings (SSSR count). The maximum atomic E-state index is 11.5. The highest BCUT2D eigenvalue weighted by Crippen LogP contribution is 2.12. The van der Waals surface area contributed by atoms with Crippen LogP contribution < -0.4 is 11.1 Å². The average Bonchev–Trinajstić information content (AvgIpc) is 2.17. The van der Waals surface area contributed by atoms with Gasteiger partial charge >= 0.3 is 0 Å². The summed E-state index contributed by atoms with van der Waals surface area (Å²) in [5, 5.41) is 2.94. The smallest absolute Gasteiger partial charge is 0.237 e. The fraction of sp³-hybridized carbons (Fsp3) is 0.462. The Labute approximate surface area is 109 Å². The number of rotatable bonds is 4. The molecule has 3 N–H and O–H groups in total. The first-order valence-corrected chi connectivity index (χ1v) is 5.52. The summed E-state index contributed by atoms with van der Waals surface area (Å²) in [4.78, 5) is 11.5. The summed E-state index contributed by atoms with van der Waals surface area (Å²) in [7, 11) is 0. The minimum atomic E-state index is -0.463. The second-order valence-electron chi connectivity index (χ2n) is 4.82. The SMILES string of the molecule is CC(N)C(=O)NC(C)(C)Cc1ccccc1.Cl. The molecule has 0 aliphatic heterocycles. The quantitative estimate of drug-likeness (QED) is 0.865. The van der Waals surface area contributed by atoms with E-state index < -0.39 is 6.04 Å². The first-order chi connectivity index (χ1) is 7.41. The van der Waals surface area contributed by atoms with E-state index in [4.69, 9.17) is 5.73 Å². The molecule has 0 saturated heterocycles. The standard InChI is InChI=1S/C13H20N2O.ClH/c1-10(14)12(16)15-13(2,3)9-11-7-5-4-6-8-11;/h4-8,10H,9,14H2,1-3H3,(H,15,16);1H. The van der Waals surface area contributed by atoms with E-state index in [2.05, 4.69) is 17.4 Å². The molecule has 1 aromatic carbocycles. The van der Waals surface area contributed by atoms with Crippen molar-refractivity contribution < 1.29 is 4.79 Å². The molecule has 1 aromatic rings. The second-order valence-corrected chi connectivity index (χ2v) is 4.82. The maximum absolute atomic E-state index is 11.5. The molecule has 1 atom stereocenters. The molecular weight excluding hydrogens is 236 g/mol. The molecule has 0 bridgehead atoms. The van der Waals surface area contributed by atoms with Crippen LogP contribution in [0.5, 0.6) is 0 Å². The van der Waals surface area contributed by atoms with Crippen molar-refractivity contribution >= 4 is 18.3 Å². The molecular formula is C13H21ClN2O. The number of hydrogen-bond donors (Lipinski definition) is 2. The van der Waals surface area contributed by atoms with Crippen molar-refractivity contribution in [2.45, 2.75) is 38.8 Å². The summed E-state index contributed by atoms with van der Waals surface area (Å²) in [6, 6.07) is 9.63. The van der Waals surface area contributed by atoms with Crippen molar-refractivity contribution in [2.75, 3.05) is 0 Å². The average molecular weight is 257 g/mol. The lowest BCUT2D eigenvalue weighted by Gasteiger charge is -2.27. The Morgan fingerprint density at radius 1 is 1.35 bits per heavy atom. The molecule has 4 heteroatoms. The number of nitrogens with two attached hydrogens (primary N) is 1. The second kappa shape index (κ2) is 6.62. The highest BCUT2D eigenvalue weighted by molar-refractivity contribution is 5.85. The third-order valence-electron chi connectivity index (χ3n) is 2.36. The summed E-state index contributed by atoms with van der Waals surface area (Å²) in [5.74, 6) is -0.110. The van der Waals surface area contributed by atoms with E-state index >= 15 is 0 Å². The van der Waals surface area contributed by atoms with Gasteiger partial charge < -0.3 is 11.1 Å². The topological polar surface area (TPSA) is 55.1 Å². The van der Waals surface area contributed by atoms with Crippen LogP contribution in [0.25, 0.3) is 0 Å². The third-order valence-corrected chi connectivity index (χ3v) is 2.36. The molecule has 0 spiro atoms. The maximum Gasteiger partial charge on any atom is 0.237 e. The van der Waals surface area contributed by atoms with Crippen LogP contribution in [0.1, 0.15) is 26.3 Å². The van der Waals surface area contributed by atoms with Crippen molar-refractivity contribution in [1.82, 2.24) is 5.32 Å². The molecule has 0 fully saturated rings. The Bertz CT molecular complexity index is 350. The van der Waals surface area contributed by atoms with E-state index in [1.54, 1.807) is 6.92 Å². The Morgan fingerprint density at radius 3 is 2.35 bits per heavy atom. The highest BCUT2D eigenvalue weighted by Gasteiger charge is 2.22. The van der Waals surface area contributed by atoms with Gasteiger partial charge in [0.25, 0.3) is 0 Å². The molecule has 1 unspecified atom stereocenters. The van der Waals surface area contributed by atoms with Gasteiger partial charge in [-0.15, -0.1) is 12.4 Å². The first kappa shape index (κ1) is 15.9. The van der Waals surface area contributed by atoms with E-state index in [0.29, 0.717) is 0 Å². The number of carbonyl (C=O) groups excluding carboxylic acids is 1.